The van der Waals surface area contributed by atoms with Crippen LogP contribution in [0.4, 0.5) is 5.69 Å². The standard InChI is InChI=1S/C18H26N2O3/c1-4-15-7-5-6-12-19(15)18(22)13-20(14(2)21)16-8-10-17(23-3)11-9-16/h8-11,15H,4-7,12-13H2,1-3H3. The molecule has 126 valence electrons. The number of benzene rings is 1. The molecule has 1 aromatic rings. The Morgan fingerprint density at radius 3 is 2.52 bits per heavy atom. The number of likely N-dealkylation sites (tertiary alicyclic amines) is 1. The van der Waals surface area contributed by atoms with E-state index in [9.17, 15) is 9.59 Å². The van der Waals surface area contributed by atoms with Crippen LogP contribution in [0.3, 0.4) is 0 Å². The number of carbonyl (C=O) groups excluding carboxylic acids is 2. The van der Waals surface area contributed by atoms with Gasteiger partial charge in [0.25, 0.3) is 0 Å². The zero-order chi connectivity index (χ0) is 16.8. The summed E-state index contributed by atoms with van der Waals surface area (Å²) in [6, 6.07) is 7.51. The fourth-order valence-electron chi connectivity index (χ4n) is 3.13. The first-order valence-electron chi connectivity index (χ1n) is 8.28. The van der Waals surface area contributed by atoms with Gasteiger partial charge in [-0.3, -0.25) is 9.59 Å². The van der Waals surface area contributed by atoms with Crippen LogP contribution in [0.25, 0.3) is 0 Å². The van der Waals surface area contributed by atoms with Crippen molar-refractivity contribution in [1.82, 2.24) is 4.90 Å². The Morgan fingerprint density at radius 1 is 1.26 bits per heavy atom. The van der Waals surface area contributed by atoms with Crippen LogP contribution >= 0.6 is 0 Å². The SMILES string of the molecule is CCC1CCCCN1C(=O)CN(C(C)=O)c1ccc(OC)cc1. The minimum Gasteiger partial charge on any atom is -0.497 e. The summed E-state index contributed by atoms with van der Waals surface area (Å²) in [5, 5.41) is 0. The maximum Gasteiger partial charge on any atom is 0.242 e. The number of anilines is 1. The highest BCUT2D eigenvalue weighted by Gasteiger charge is 2.27. The van der Waals surface area contributed by atoms with Crippen molar-refractivity contribution in [3.63, 3.8) is 0 Å². The normalized spacial score (nSPS) is 17.7. The van der Waals surface area contributed by atoms with E-state index < -0.39 is 0 Å². The molecule has 0 bridgehead atoms. The average Bonchev–Trinajstić information content (AvgIpc) is 2.59. The van der Waals surface area contributed by atoms with Gasteiger partial charge in [0.1, 0.15) is 12.3 Å². The third-order valence-corrected chi connectivity index (χ3v) is 4.48. The molecule has 1 aliphatic rings. The number of ether oxygens (including phenoxy) is 1. The van der Waals surface area contributed by atoms with Gasteiger partial charge in [-0.15, -0.1) is 0 Å². The highest BCUT2D eigenvalue weighted by atomic mass is 16.5. The van der Waals surface area contributed by atoms with Crippen molar-refractivity contribution < 1.29 is 14.3 Å². The lowest BCUT2D eigenvalue weighted by Crippen LogP contribution is -2.48. The molecular weight excluding hydrogens is 292 g/mol. The van der Waals surface area contributed by atoms with Gasteiger partial charge in [0.2, 0.25) is 11.8 Å². The van der Waals surface area contributed by atoms with Crippen LogP contribution in [0.5, 0.6) is 5.75 Å². The monoisotopic (exact) mass is 318 g/mol. The summed E-state index contributed by atoms with van der Waals surface area (Å²) in [7, 11) is 1.60. The van der Waals surface area contributed by atoms with Gasteiger partial charge in [0, 0.05) is 25.2 Å². The number of amides is 2. The van der Waals surface area contributed by atoms with E-state index in [0.29, 0.717) is 6.04 Å². The van der Waals surface area contributed by atoms with Gasteiger partial charge < -0.3 is 14.5 Å². The molecular formula is C18H26N2O3. The summed E-state index contributed by atoms with van der Waals surface area (Å²) >= 11 is 0. The van der Waals surface area contributed by atoms with Crippen molar-refractivity contribution in [3.05, 3.63) is 24.3 Å². The van der Waals surface area contributed by atoms with E-state index in [1.165, 1.54) is 18.2 Å². The van der Waals surface area contributed by atoms with E-state index in [2.05, 4.69) is 6.92 Å². The molecule has 0 spiro atoms. The molecule has 0 saturated carbocycles. The first kappa shape index (κ1) is 17.3. The third kappa shape index (κ3) is 4.24. The van der Waals surface area contributed by atoms with Crippen LogP contribution in [-0.2, 0) is 9.59 Å². The number of hydrogen-bond donors (Lipinski definition) is 0. The van der Waals surface area contributed by atoms with Gasteiger partial charge in [0.15, 0.2) is 0 Å². The molecule has 2 amide bonds. The summed E-state index contributed by atoms with van der Waals surface area (Å²) in [6.07, 6.45) is 4.25. The molecule has 0 aromatic heterocycles. The van der Waals surface area contributed by atoms with Crippen LogP contribution in [0.1, 0.15) is 39.5 Å². The molecule has 2 rings (SSSR count). The molecule has 1 fully saturated rings. The Bertz CT molecular complexity index is 542. The molecule has 5 nitrogen and oxygen atoms in total. The van der Waals surface area contributed by atoms with Gasteiger partial charge in [-0.1, -0.05) is 6.92 Å². The highest BCUT2D eigenvalue weighted by Crippen LogP contribution is 2.22. The summed E-state index contributed by atoms with van der Waals surface area (Å²) in [5.74, 6) is 0.627. The Morgan fingerprint density at radius 2 is 1.96 bits per heavy atom. The summed E-state index contributed by atoms with van der Waals surface area (Å²) in [4.78, 5) is 28.2. The summed E-state index contributed by atoms with van der Waals surface area (Å²) in [6.45, 7) is 4.50. The molecule has 1 atom stereocenters. The summed E-state index contributed by atoms with van der Waals surface area (Å²) in [5.41, 5.74) is 0.719. The second kappa shape index (κ2) is 7.99. The lowest BCUT2D eigenvalue weighted by atomic mass is 10.00. The van der Waals surface area contributed by atoms with Crippen molar-refractivity contribution in [3.8, 4) is 5.75 Å². The van der Waals surface area contributed by atoms with E-state index in [4.69, 9.17) is 4.74 Å². The van der Waals surface area contributed by atoms with Crippen molar-refractivity contribution in [1.29, 1.82) is 0 Å². The second-order valence-electron chi connectivity index (χ2n) is 5.95. The van der Waals surface area contributed by atoms with Gasteiger partial charge in [-0.25, -0.2) is 0 Å². The molecule has 0 aliphatic carbocycles. The molecule has 1 unspecified atom stereocenters. The lowest BCUT2D eigenvalue weighted by molar-refractivity contribution is -0.134. The zero-order valence-corrected chi connectivity index (χ0v) is 14.2. The second-order valence-corrected chi connectivity index (χ2v) is 5.95. The minimum absolute atomic E-state index is 0.0302. The molecule has 23 heavy (non-hydrogen) atoms. The third-order valence-electron chi connectivity index (χ3n) is 4.48. The largest absolute Gasteiger partial charge is 0.497 e. The van der Waals surface area contributed by atoms with Crippen LogP contribution in [-0.4, -0.2) is 43.0 Å². The van der Waals surface area contributed by atoms with Crippen molar-refractivity contribution in [2.75, 3.05) is 25.1 Å². The van der Waals surface area contributed by atoms with Crippen molar-refractivity contribution in [2.24, 2.45) is 0 Å². The summed E-state index contributed by atoms with van der Waals surface area (Å²) < 4.78 is 5.14. The first-order valence-corrected chi connectivity index (χ1v) is 8.28. The number of nitrogens with zero attached hydrogens (tertiary/aromatic N) is 2. The quantitative estimate of drug-likeness (QED) is 0.839. The lowest BCUT2D eigenvalue weighted by Gasteiger charge is -2.36. The van der Waals surface area contributed by atoms with Crippen LogP contribution < -0.4 is 9.64 Å². The predicted molar refractivity (Wildman–Crippen MR) is 90.7 cm³/mol. The molecule has 0 N–H and O–H groups in total. The smallest absolute Gasteiger partial charge is 0.242 e. The fraction of sp³-hybridized carbons (Fsp3) is 0.556. The van der Waals surface area contributed by atoms with Gasteiger partial charge in [-0.05, 0) is 49.9 Å². The average molecular weight is 318 g/mol. The van der Waals surface area contributed by atoms with E-state index in [1.807, 2.05) is 4.90 Å². The zero-order valence-electron chi connectivity index (χ0n) is 14.2. The van der Waals surface area contributed by atoms with Crippen LogP contribution in [0, 0.1) is 0 Å². The predicted octanol–water partition coefficient (Wildman–Crippen LogP) is 2.84. The number of carbonyl (C=O) groups is 2. The molecule has 1 aromatic carbocycles. The minimum atomic E-state index is -0.131. The van der Waals surface area contributed by atoms with E-state index in [1.54, 1.807) is 31.4 Å². The van der Waals surface area contributed by atoms with Gasteiger partial charge in [0.05, 0.1) is 7.11 Å². The molecule has 0 radical (unpaired) electrons. The number of rotatable bonds is 5. The van der Waals surface area contributed by atoms with E-state index in [-0.39, 0.29) is 18.4 Å². The first-order chi connectivity index (χ1) is 11.1. The number of methoxy groups -OCH3 is 1. The van der Waals surface area contributed by atoms with Crippen LogP contribution in [0.15, 0.2) is 24.3 Å². The number of hydrogen-bond acceptors (Lipinski definition) is 3. The maximum atomic E-state index is 12.7. The Labute approximate surface area is 138 Å². The Balaban J connectivity index is 2.11. The molecule has 5 heteroatoms. The topological polar surface area (TPSA) is 49.9 Å². The molecule has 1 aliphatic heterocycles. The van der Waals surface area contributed by atoms with E-state index >= 15 is 0 Å². The van der Waals surface area contributed by atoms with Crippen LogP contribution in [0.2, 0.25) is 0 Å². The van der Waals surface area contributed by atoms with Crippen molar-refractivity contribution in [2.45, 2.75) is 45.6 Å². The fourth-order valence-corrected chi connectivity index (χ4v) is 3.13. The van der Waals surface area contributed by atoms with Crippen molar-refractivity contribution >= 4 is 17.5 Å². The highest BCUT2D eigenvalue weighted by molar-refractivity contribution is 5.97. The van der Waals surface area contributed by atoms with Gasteiger partial charge in [-0.2, -0.15) is 0 Å². The molecule has 1 heterocycles. The maximum absolute atomic E-state index is 12.7. The molecule has 1 saturated heterocycles. The Hall–Kier alpha value is -2.04. The number of piperidine rings is 1. The Kier molecular flexibility index (Phi) is 6.02. The van der Waals surface area contributed by atoms with E-state index in [0.717, 1.165) is 37.2 Å². The van der Waals surface area contributed by atoms with Gasteiger partial charge >= 0.3 is 0 Å².